The molecule has 1 aromatic carbocycles. The molecular weight excluding hydrogens is 370 g/mol. The summed E-state index contributed by atoms with van der Waals surface area (Å²) in [5.41, 5.74) is 12.2. The molecule has 1 aromatic heterocycles. The highest BCUT2D eigenvalue weighted by Gasteiger charge is 2.22. The van der Waals surface area contributed by atoms with E-state index in [4.69, 9.17) is 27.8 Å². The van der Waals surface area contributed by atoms with E-state index in [0.717, 1.165) is 12.0 Å². The lowest BCUT2D eigenvalue weighted by atomic mass is 10.2. The zero-order chi connectivity index (χ0) is 19.2. The first-order valence-corrected chi connectivity index (χ1v) is 8.73. The van der Waals surface area contributed by atoms with Crippen molar-refractivity contribution in [2.75, 3.05) is 24.6 Å². The van der Waals surface area contributed by atoms with Gasteiger partial charge in [0.25, 0.3) is 5.91 Å². The summed E-state index contributed by atoms with van der Waals surface area (Å²) in [6.45, 7) is 1.68. The molecule has 6 N–H and O–H groups in total. The first-order valence-electron chi connectivity index (χ1n) is 8.35. The Morgan fingerprint density at radius 1 is 1.26 bits per heavy atom. The number of anilines is 2. The van der Waals surface area contributed by atoms with Crippen LogP contribution in [0, 0.1) is 0 Å². The summed E-state index contributed by atoms with van der Waals surface area (Å²) in [4.78, 5) is 24.2. The average Bonchev–Trinajstić information content (AvgIpc) is 3.10. The first-order chi connectivity index (χ1) is 13.0. The summed E-state index contributed by atoms with van der Waals surface area (Å²) in [5, 5.41) is 5.65. The Balaban J connectivity index is 1.43. The molecule has 1 aliphatic heterocycles. The van der Waals surface area contributed by atoms with Gasteiger partial charge in [-0.05, 0) is 12.0 Å². The number of benzene rings is 1. The third kappa shape index (κ3) is 5.05. The van der Waals surface area contributed by atoms with Crippen LogP contribution in [-0.2, 0) is 11.3 Å². The molecule has 2 heterocycles. The fraction of sp³-hybridized carbons (Fsp3) is 0.294. The Bertz CT molecular complexity index is 845. The average molecular weight is 390 g/mol. The molecule has 1 aliphatic rings. The number of halogens is 1. The molecule has 0 saturated heterocycles. The van der Waals surface area contributed by atoms with Gasteiger partial charge in [0.05, 0.1) is 19.2 Å². The number of nitrogen functional groups attached to an aromatic ring is 2. The first kappa shape index (κ1) is 18.9. The normalized spacial score (nSPS) is 15.9. The van der Waals surface area contributed by atoms with Crippen molar-refractivity contribution in [3.63, 3.8) is 0 Å². The van der Waals surface area contributed by atoms with E-state index in [0.29, 0.717) is 25.7 Å². The Labute approximate surface area is 161 Å². The number of carbonyl (C=O) groups is 1. The summed E-state index contributed by atoms with van der Waals surface area (Å²) >= 11 is 5.79. The second-order valence-electron chi connectivity index (χ2n) is 5.95. The predicted octanol–water partition coefficient (Wildman–Crippen LogP) is 0.959. The number of nitrogens with zero attached hydrogens (tertiary/aromatic N) is 3. The predicted molar refractivity (Wildman–Crippen MR) is 103 cm³/mol. The third-order valence-corrected chi connectivity index (χ3v) is 4.16. The van der Waals surface area contributed by atoms with E-state index in [1.165, 1.54) is 0 Å². The van der Waals surface area contributed by atoms with E-state index in [1.807, 2.05) is 30.3 Å². The van der Waals surface area contributed by atoms with Gasteiger partial charge in [0, 0.05) is 6.61 Å². The summed E-state index contributed by atoms with van der Waals surface area (Å²) in [6, 6.07) is 10.0. The van der Waals surface area contributed by atoms with Gasteiger partial charge in [-0.15, -0.1) is 0 Å². The molecule has 142 valence electrons. The summed E-state index contributed by atoms with van der Waals surface area (Å²) in [6.07, 6.45) is 0.755. The van der Waals surface area contributed by atoms with Gasteiger partial charge in [-0.3, -0.25) is 15.1 Å². The van der Waals surface area contributed by atoms with Crippen molar-refractivity contribution in [1.29, 1.82) is 0 Å². The Hall–Kier alpha value is -2.91. The van der Waals surface area contributed by atoms with Crippen LogP contribution in [0.4, 0.5) is 11.6 Å². The molecule has 10 heteroatoms. The molecule has 1 unspecified atom stereocenters. The number of hydrogen-bond acceptors (Lipinski definition) is 8. The Morgan fingerprint density at radius 2 is 2.04 bits per heavy atom. The maximum absolute atomic E-state index is 12.3. The number of ether oxygens (including phenoxy) is 1. The molecule has 0 fully saturated rings. The van der Waals surface area contributed by atoms with Crippen molar-refractivity contribution in [2.24, 2.45) is 4.99 Å². The zero-order valence-electron chi connectivity index (χ0n) is 14.5. The molecule has 1 amide bonds. The quantitative estimate of drug-likeness (QED) is 0.539. The van der Waals surface area contributed by atoms with Crippen molar-refractivity contribution < 1.29 is 9.53 Å². The molecule has 27 heavy (non-hydrogen) atoms. The summed E-state index contributed by atoms with van der Waals surface area (Å²) in [7, 11) is 0. The Kier molecular flexibility index (Phi) is 6.05. The monoisotopic (exact) mass is 389 g/mol. The lowest BCUT2D eigenvalue weighted by Crippen LogP contribution is -2.42. The number of guanidine groups is 1. The van der Waals surface area contributed by atoms with Gasteiger partial charge in [0.1, 0.15) is 0 Å². The van der Waals surface area contributed by atoms with Crippen LogP contribution >= 0.6 is 11.6 Å². The smallest absolute Gasteiger partial charge is 0.280 e. The van der Waals surface area contributed by atoms with Crippen LogP contribution in [0.2, 0.25) is 5.15 Å². The van der Waals surface area contributed by atoms with Crippen LogP contribution in [0.3, 0.4) is 0 Å². The number of nitrogens with two attached hydrogens (primary N) is 2. The van der Waals surface area contributed by atoms with E-state index in [-0.39, 0.29) is 28.5 Å². The molecule has 0 spiro atoms. The van der Waals surface area contributed by atoms with Crippen molar-refractivity contribution in [1.82, 2.24) is 20.6 Å². The lowest BCUT2D eigenvalue weighted by Gasteiger charge is -2.13. The lowest BCUT2D eigenvalue weighted by molar-refractivity contribution is 0.0971. The van der Waals surface area contributed by atoms with Crippen LogP contribution in [0.25, 0.3) is 0 Å². The highest BCUT2D eigenvalue weighted by atomic mass is 35.5. The maximum Gasteiger partial charge on any atom is 0.280 e. The van der Waals surface area contributed by atoms with Gasteiger partial charge >= 0.3 is 0 Å². The SMILES string of the molecule is Nc1nc(N)c(C(=O)NC2=NCC(CCOCc3ccccc3)N2)nc1Cl. The minimum Gasteiger partial charge on any atom is -0.382 e. The number of aromatic nitrogens is 2. The minimum atomic E-state index is -0.561. The summed E-state index contributed by atoms with van der Waals surface area (Å²) < 4.78 is 5.67. The molecule has 1 atom stereocenters. The second kappa shape index (κ2) is 8.65. The molecule has 9 nitrogen and oxygen atoms in total. The van der Waals surface area contributed by atoms with Gasteiger partial charge in [0.2, 0.25) is 0 Å². The number of amides is 1. The van der Waals surface area contributed by atoms with Crippen LogP contribution in [-0.4, -0.2) is 41.0 Å². The van der Waals surface area contributed by atoms with Gasteiger partial charge in [-0.2, -0.15) is 0 Å². The third-order valence-electron chi connectivity index (χ3n) is 3.88. The second-order valence-corrected chi connectivity index (χ2v) is 6.30. The fourth-order valence-corrected chi connectivity index (χ4v) is 2.62. The number of carbonyl (C=O) groups excluding carboxylic acids is 1. The molecule has 0 bridgehead atoms. The topological polar surface area (TPSA) is 141 Å². The van der Waals surface area contributed by atoms with Gasteiger partial charge in [-0.25, -0.2) is 9.97 Å². The van der Waals surface area contributed by atoms with E-state index >= 15 is 0 Å². The largest absolute Gasteiger partial charge is 0.382 e. The number of hydrogen-bond donors (Lipinski definition) is 4. The van der Waals surface area contributed by atoms with Gasteiger partial charge in [-0.1, -0.05) is 41.9 Å². The van der Waals surface area contributed by atoms with E-state index < -0.39 is 5.91 Å². The molecule has 2 aromatic rings. The number of rotatable bonds is 6. The van der Waals surface area contributed by atoms with E-state index in [1.54, 1.807) is 0 Å². The van der Waals surface area contributed by atoms with Crippen LogP contribution < -0.4 is 22.1 Å². The van der Waals surface area contributed by atoms with Crippen molar-refractivity contribution in [3.8, 4) is 0 Å². The number of nitrogens with one attached hydrogen (secondary N) is 2. The summed E-state index contributed by atoms with van der Waals surface area (Å²) in [5.74, 6) is -0.340. The standard InChI is InChI=1S/C17H20ClN7O2/c18-13-15(20)24-14(19)12(23-13)16(26)25-17-21-8-11(22-17)6-7-27-9-10-4-2-1-3-5-10/h1-5,11H,6-9H2,(H4,19,20,24)(H2,21,22,25,26). The molecular formula is C17H20ClN7O2. The highest BCUT2D eigenvalue weighted by Crippen LogP contribution is 2.17. The van der Waals surface area contributed by atoms with Gasteiger partial charge in [0.15, 0.2) is 28.4 Å². The van der Waals surface area contributed by atoms with Gasteiger partial charge < -0.3 is 21.5 Å². The van der Waals surface area contributed by atoms with Crippen molar-refractivity contribution in [2.45, 2.75) is 19.1 Å². The van der Waals surface area contributed by atoms with Crippen molar-refractivity contribution >= 4 is 35.1 Å². The van der Waals surface area contributed by atoms with Crippen LogP contribution in [0.15, 0.2) is 35.3 Å². The van der Waals surface area contributed by atoms with E-state index in [2.05, 4.69) is 25.6 Å². The minimum absolute atomic E-state index is 0.0300. The van der Waals surface area contributed by atoms with Crippen LogP contribution in [0.1, 0.15) is 22.5 Å². The Morgan fingerprint density at radius 3 is 2.81 bits per heavy atom. The highest BCUT2D eigenvalue weighted by molar-refractivity contribution is 6.31. The van der Waals surface area contributed by atoms with Crippen molar-refractivity contribution in [3.05, 3.63) is 46.7 Å². The molecule has 3 rings (SSSR count). The molecule has 0 radical (unpaired) electrons. The fourth-order valence-electron chi connectivity index (χ4n) is 2.49. The maximum atomic E-state index is 12.3. The number of aliphatic imine (C=N–C) groups is 1. The van der Waals surface area contributed by atoms with Crippen LogP contribution in [0.5, 0.6) is 0 Å². The van der Waals surface area contributed by atoms with E-state index in [9.17, 15) is 4.79 Å². The molecule has 0 aliphatic carbocycles. The zero-order valence-corrected chi connectivity index (χ0v) is 15.2. The molecule has 0 saturated carbocycles.